The number of carbonyl (C=O) groups is 1. The van der Waals surface area contributed by atoms with E-state index in [9.17, 15) is 9.18 Å². The first-order valence-corrected chi connectivity index (χ1v) is 4.67. The highest BCUT2D eigenvalue weighted by atomic mass is 32.1. The van der Waals surface area contributed by atoms with Crippen molar-refractivity contribution in [2.45, 2.75) is 0 Å². The first kappa shape index (κ1) is 8.96. The Balaban J connectivity index is 2.90. The Morgan fingerprint density at radius 1 is 1.50 bits per heavy atom. The summed E-state index contributed by atoms with van der Waals surface area (Å²) in [6.07, 6.45) is 0. The van der Waals surface area contributed by atoms with Crippen molar-refractivity contribution in [1.82, 2.24) is 0 Å². The Bertz CT molecular complexity index is 521. The zero-order chi connectivity index (χ0) is 10.3. The smallest absolute Gasteiger partial charge is 0.337 e. The normalized spacial score (nSPS) is 10.6. The molecule has 14 heavy (non-hydrogen) atoms. The molecule has 3 nitrogen and oxygen atoms in total. The lowest BCUT2D eigenvalue weighted by Crippen LogP contribution is -1.97. The number of halogens is 1. The van der Waals surface area contributed by atoms with E-state index in [1.54, 1.807) is 0 Å². The molecule has 0 amide bonds. The molecule has 0 atom stereocenters. The van der Waals surface area contributed by atoms with E-state index in [1.807, 2.05) is 0 Å². The number of fused-ring (bicyclic) bond motifs is 1. The van der Waals surface area contributed by atoms with Gasteiger partial charge in [-0.25, -0.2) is 9.18 Å². The lowest BCUT2D eigenvalue weighted by atomic mass is 10.1. The van der Waals surface area contributed by atoms with Gasteiger partial charge in [0.05, 0.1) is 15.6 Å². The average Bonchev–Trinajstić information content (AvgIpc) is 2.49. The first-order valence-electron chi connectivity index (χ1n) is 3.79. The molecule has 72 valence electrons. The number of anilines is 1. The molecular formula is C9H6FNO2S. The summed E-state index contributed by atoms with van der Waals surface area (Å²) in [4.78, 5) is 10.8. The van der Waals surface area contributed by atoms with E-state index in [-0.39, 0.29) is 16.6 Å². The van der Waals surface area contributed by atoms with Crippen LogP contribution < -0.4 is 5.73 Å². The highest BCUT2D eigenvalue weighted by Gasteiger charge is 2.14. The zero-order valence-electron chi connectivity index (χ0n) is 6.95. The summed E-state index contributed by atoms with van der Waals surface area (Å²) in [6, 6.07) is 2.79. The number of nitrogen functional groups attached to an aromatic ring is 1. The van der Waals surface area contributed by atoms with Crippen molar-refractivity contribution in [3.05, 3.63) is 28.9 Å². The third kappa shape index (κ3) is 1.13. The SMILES string of the molecule is Nc1ccc(C(=O)O)c2scc(F)c12. The van der Waals surface area contributed by atoms with Gasteiger partial charge < -0.3 is 10.8 Å². The lowest BCUT2D eigenvalue weighted by molar-refractivity contribution is 0.0699. The molecule has 2 rings (SSSR count). The number of thiophene rings is 1. The van der Waals surface area contributed by atoms with Gasteiger partial charge in [-0.05, 0) is 12.1 Å². The molecule has 0 saturated heterocycles. The van der Waals surface area contributed by atoms with Gasteiger partial charge in [-0.3, -0.25) is 0 Å². The summed E-state index contributed by atoms with van der Waals surface area (Å²) in [5.41, 5.74) is 5.90. The van der Waals surface area contributed by atoms with Crippen LogP contribution in [0, 0.1) is 5.82 Å². The number of hydrogen-bond acceptors (Lipinski definition) is 3. The van der Waals surface area contributed by atoms with Crippen molar-refractivity contribution in [2.24, 2.45) is 0 Å². The van der Waals surface area contributed by atoms with Crippen LogP contribution in [0.15, 0.2) is 17.5 Å². The van der Waals surface area contributed by atoms with Crippen molar-refractivity contribution in [1.29, 1.82) is 0 Å². The molecule has 0 aliphatic carbocycles. The summed E-state index contributed by atoms with van der Waals surface area (Å²) in [6.45, 7) is 0. The third-order valence-electron chi connectivity index (χ3n) is 1.94. The average molecular weight is 211 g/mol. The fourth-order valence-electron chi connectivity index (χ4n) is 1.30. The summed E-state index contributed by atoms with van der Waals surface area (Å²) in [7, 11) is 0. The highest BCUT2D eigenvalue weighted by Crippen LogP contribution is 2.32. The third-order valence-corrected chi connectivity index (χ3v) is 2.92. The largest absolute Gasteiger partial charge is 0.478 e. The van der Waals surface area contributed by atoms with Gasteiger partial charge in [0.1, 0.15) is 5.82 Å². The number of hydrogen-bond donors (Lipinski definition) is 2. The van der Waals surface area contributed by atoms with Gasteiger partial charge in [-0.2, -0.15) is 0 Å². The van der Waals surface area contributed by atoms with Crippen LogP contribution in [-0.4, -0.2) is 11.1 Å². The second kappa shape index (κ2) is 2.95. The Morgan fingerprint density at radius 3 is 2.86 bits per heavy atom. The minimum atomic E-state index is -1.07. The molecule has 2 aromatic rings. The van der Waals surface area contributed by atoms with Gasteiger partial charge in [-0.1, -0.05) is 0 Å². The van der Waals surface area contributed by atoms with E-state index < -0.39 is 11.8 Å². The van der Waals surface area contributed by atoms with Gasteiger partial charge in [0.2, 0.25) is 0 Å². The predicted molar refractivity (Wildman–Crippen MR) is 53.2 cm³/mol. The Hall–Kier alpha value is -1.62. The number of benzene rings is 1. The monoisotopic (exact) mass is 211 g/mol. The molecule has 0 saturated carbocycles. The standard InChI is InChI=1S/C9H6FNO2S/c10-5-3-14-8-4(9(12)13)1-2-6(11)7(5)8/h1-3H,11H2,(H,12,13). The van der Waals surface area contributed by atoms with Gasteiger partial charge in [-0.15, -0.1) is 11.3 Å². The van der Waals surface area contributed by atoms with Gasteiger partial charge in [0.15, 0.2) is 0 Å². The van der Waals surface area contributed by atoms with Crippen LogP contribution in [0.2, 0.25) is 0 Å². The number of nitrogens with two attached hydrogens (primary N) is 1. The molecule has 1 heterocycles. The highest BCUT2D eigenvalue weighted by molar-refractivity contribution is 7.17. The second-order valence-electron chi connectivity index (χ2n) is 2.80. The minimum Gasteiger partial charge on any atom is -0.478 e. The van der Waals surface area contributed by atoms with Crippen molar-refractivity contribution in [3.63, 3.8) is 0 Å². The summed E-state index contributed by atoms with van der Waals surface area (Å²) >= 11 is 1.05. The maximum absolute atomic E-state index is 13.2. The van der Waals surface area contributed by atoms with Gasteiger partial charge in [0.25, 0.3) is 0 Å². The van der Waals surface area contributed by atoms with Crippen LogP contribution in [0.25, 0.3) is 10.1 Å². The van der Waals surface area contributed by atoms with E-state index >= 15 is 0 Å². The number of carboxylic acids is 1. The molecule has 0 bridgehead atoms. The number of carboxylic acid groups (broad SMARTS) is 1. The molecule has 0 radical (unpaired) electrons. The fourth-order valence-corrected chi connectivity index (χ4v) is 2.26. The first-order chi connectivity index (χ1) is 6.61. The van der Waals surface area contributed by atoms with Gasteiger partial charge >= 0.3 is 5.97 Å². The van der Waals surface area contributed by atoms with E-state index in [1.165, 1.54) is 17.5 Å². The van der Waals surface area contributed by atoms with Crippen LogP contribution in [0.3, 0.4) is 0 Å². The fraction of sp³-hybridized carbons (Fsp3) is 0. The predicted octanol–water partition coefficient (Wildman–Crippen LogP) is 2.32. The maximum Gasteiger partial charge on any atom is 0.337 e. The van der Waals surface area contributed by atoms with Crippen molar-refractivity contribution in [3.8, 4) is 0 Å². The van der Waals surface area contributed by atoms with E-state index in [2.05, 4.69) is 0 Å². The molecule has 1 aromatic carbocycles. The molecule has 0 aliphatic rings. The topological polar surface area (TPSA) is 63.3 Å². The minimum absolute atomic E-state index is 0.0862. The molecule has 0 aliphatic heterocycles. The van der Waals surface area contributed by atoms with Crippen LogP contribution in [0.1, 0.15) is 10.4 Å². The molecular weight excluding hydrogens is 205 g/mol. The van der Waals surface area contributed by atoms with Crippen LogP contribution in [-0.2, 0) is 0 Å². The summed E-state index contributed by atoms with van der Waals surface area (Å²) in [5, 5.41) is 10.3. The Morgan fingerprint density at radius 2 is 2.21 bits per heavy atom. The van der Waals surface area contributed by atoms with E-state index in [4.69, 9.17) is 10.8 Å². The van der Waals surface area contributed by atoms with Crippen molar-refractivity contribution in [2.75, 3.05) is 5.73 Å². The number of rotatable bonds is 1. The Kier molecular flexibility index (Phi) is 1.89. The van der Waals surface area contributed by atoms with Crippen LogP contribution in [0.4, 0.5) is 10.1 Å². The van der Waals surface area contributed by atoms with Crippen LogP contribution in [0.5, 0.6) is 0 Å². The Labute approximate surface area is 82.6 Å². The van der Waals surface area contributed by atoms with E-state index in [0.29, 0.717) is 4.70 Å². The molecule has 1 aromatic heterocycles. The molecule has 3 N–H and O–H groups in total. The van der Waals surface area contributed by atoms with Gasteiger partial charge in [0, 0.05) is 11.1 Å². The number of aromatic carboxylic acids is 1. The maximum atomic E-state index is 13.2. The van der Waals surface area contributed by atoms with E-state index in [0.717, 1.165) is 11.3 Å². The van der Waals surface area contributed by atoms with Crippen LogP contribution >= 0.6 is 11.3 Å². The lowest BCUT2D eigenvalue weighted by Gasteiger charge is -1.99. The quantitative estimate of drug-likeness (QED) is 0.711. The second-order valence-corrected chi connectivity index (χ2v) is 3.67. The zero-order valence-corrected chi connectivity index (χ0v) is 7.77. The molecule has 0 unspecified atom stereocenters. The molecule has 0 spiro atoms. The van der Waals surface area contributed by atoms with Crippen molar-refractivity contribution >= 4 is 33.1 Å². The summed E-state index contributed by atoms with van der Waals surface area (Å²) < 4.78 is 13.6. The molecule has 5 heteroatoms. The van der Waals surface area contributed by atoms with Crippen molar-refractivity contribution < 1.29 is 14.3 Å². The molecule has 0 fully saturated rings. The summed E-state index contributed by atoms with van der Waals surface area (Å²) in [5.74, 6) is -1.54.